The molecule has 0 aliphatic carbocycles. The number of aromatic nitrogens is 1. The minimum absolute atomic E-state index is 0.588. The van der Waals surface area contributed by atoms with E-state index < -0.39 is 5.60 Å². The predicted octanol–water partition coefficient (Wildman–Crippen LogP) is 3.33. The van der Waals surface area contributed by atoms with Gasteiger partial charge in [0.15, 0.2) is 0 Å². The Morgan fingerprint density at radius 1 is 1.47 bits per heavy atom. The molecule has 0 spiro atoms. The summed E-state index contributed by atoms with van der Waals surface area (Å²) in [5, 5.41) is 13.3. The lowest BCUT2D eigenvalue weighted by atomic mass is 9.93. The van der Waals surface area contributed by atoms with Gasteiger partial charge in [-0.1, -0.05) is 26.2 Å². The maximum absolute atomic E-state index is 10.2. The van der Waals surface area contributed by atoms with Crippen LogP contribution in [-0.2, 0) is 6.42 Å². The molecule has 1 atom stereocenters. The fourth-order valence-electron chi connectivity index (χ4n) is 1.72. The van der Waals surface area contributed by atoms with Gasteiger partial charge in [-0.05, 0) is 20.3 Å². The summed E-state index contributed by atoms with van der Waals surface area (Å²) in [6.07, 6.45) is 5.06. The Bertz CT molecular complexity index is 294. The van der Waals surface area contributed by atoms with E-state index >= 15 is 0 Å². The summed E-state index contributed by atoms with van der Waals surface area (Å²) >= 11 is 1.65. The molecule has 1 rings (SSSR count). The van der Waals surface area contributed by atoms with Crippen molar-refractivity contribution in [1.82, 2.24) is 4.98 Å². The molecule has 1 heterocycles. The summed E-state index contributed by atoms with van der Waals surface area (Å²) in [6.45, 7) is 6.09. The molecule has 1 unspecified atom stereocenters. The van der Waals surface area contributed by atoms with Crippen LogP contribution in [0.1, 0.15) is 50.2 Å². The fraction of sp³-hybridized carbons (Fsp3) is 0.750. The van der Waals surface area contributed by atoms with Gasteiger partial charge in [-0.25, -0.2) is 4.98 Å². The molecule has 0 aliphatic heterocycles. The highest BCUT2D eigenvalue weighted by atomic mass is 32.1. The Labute approximate surface area is 96.4 Å². The van der Waals surface area contributed by atoms with Gasteiger partial charge < -0.3 is 5.11 Å². The molecule has 0 aliphatic rings. The van der Waals surface area contributed by atoms with Gasteiger partial charge in [0.1, 0.15) is 0 Å². The van der Waals surface area contributed by atoms with Crippen LogP contribution in [0.5, 0.6) is 0 Å². The van der Waals surface area contributed by atoms with Crippen molar-refractivity contribution < 1.29 is 5.11 Å². The second-order valence-corrected chi connectivity index (χ2v) is 5.55. The van der Waals surface area contributed by atoms with Crippen molar-refractivity contribution in [2.75, 3.05) is 0 Å². The number of aryl methyl sites for hydroxylation is 1. The fourth-order valence-corrected chi connectivity index (χ4v) is 2.34. The largest absolute Gasteiger partial charge is 0.390 e. The third-order valence-corrected chi connectivity index (χ3v) is 3.37. The molecule has 1 N–H and O–H groups in total. The molecule has 0 aromatic carbocycles. The van der Waals surface area contributed by atoms with Crippen LogP contribution >= 0.6 is 11.3 Å². The van der Waals surface area contributed by atoms with E-state index in [1.807, 2.05) is 19.2 Å². The molecule has 0 amide bonds. The van der Waals surface area contributed by atoms with Crippen molar-refractivity contribution in [3.05, 3.63) is 16.1 Å². The predicted molar refractivity (Wildman–Crippen MR) is 65.3 cm³/mol. The van der Waals surface area contributed by atoms with Crippen molar-refractivity contribution in [1.29, 1.82) is 0 Å². The van der Waals surface area contributed by atoms with Crippen LogP contribution in [0.3, 0.4) is 0 Å². The summed E-state index contributed by atoms with van der Waals surface area (Å²) < 4.78 is 0. The standard InChI is InChI=1S/C12H21NOS/c1-4-5-6-7-12(3,14)8-11-9-15-10(2)13-11/h9,14H,4-8H2,1-3H3. The maximum atomic E-state index is 10.2. The number of hydrogen-bond acceptors (Lipinski definition) is 3. The van der Waals surface area contributed by atoms with Crippen LogP contribution < -0.4 is 0 Å². The molecular weight excluding hydrogens is 206 g/mol. The van der Waals surface area contributed by atoms with Gasteiger partial charge in [-0.3, -0.25) is 0 Å². The summed E-state index contributed by atoms with van der Waals surface area (Å²) in [5.41, 5.74) is 0.439. The lowest BCUT2D eigenvalue weighted by Gasteiger charge is -2.22. The molecule has 2 nitrogen and oxygen atoms in total. The van der Waals surface area contributed by atoms with Crippen molar-refractivity contribution >= 4 is 11.3 Å². The van der Waals surface area contributed by atoms with Gasteiger partial charge in [0.25, 0.3) is 0 Å². The van der Waals surface area contributed by atoms with Crippen LogP contribution in [0.2, 0.25) is 0 Å². The molecule has 3 heteroatoms. The minimum atomic E-state index is -0.588. The molecule has 0 fully saturated rings. The maximum Gasteiger partial charge on any atom is 0.0897 e. The molecule has 1 aromatic rings. The molecule has 15 heavy (non-hydrogen) atoms. The van der Waals surface area contributed by atoms with Crippen molar-refractivity contribution in [3.63, 3.8) is 0 Å². The first kappa shape index (κ1) is 12.7. The zero-order valence-corrected chi connectivity index (χ0v) is 10.7. The van der Waals surface area contributed by atoms with E-state index in [0.717, 1.165) is 23.5 Å². The van der Waals surface area contributed by atoms with Gasteiger partial charge in [0, 0.05) is 11.8 Å². The lowest BCUT2D eigenvalue weighted by Crippen LogP contribution is -2.27. The van der Waals surface area contributed by atoms with Crippen LogP contribution in [-0.4, -0.2) is 15.7 Å². The van der Waals surface area contributed by atoms with Gasteiger partial charge in [0.05, 0.1) is 16.3 Å². The van der Waals surface area contributed by atoms with Gasteiger partial charge in [-0.2, -0.15) is 0 Å². The Morgan fingerprint density at radius 3 is 2.73 bits per heavy atom. The number of hydrogen-bond donors (Lipinski definition) is 1. The highest BCUT2D eigenvalue weighted by Crippen LogP contribution is 2.21. The molecule has 0 bridgehead atoms. The number of aliphatic hydroxyl groups is 1. The first-order valence-corrected chi connectivity index (χ1v) is 6.55. The van der Waals surface area contributed by atoms with Crippen molar-refractivity contribution in [3.8, 4) is 0 Å². The monoisotopic (exact) mass is 227 g/mol. The molecule has 0 radical (unpaired) electrons. The zero-order valence-electron chi connectivity index (χ0n) is 9.92. The van der Waals surface area contributed by atoms with Crippen LogP contribution in [0.25, 0.3) is 0 Å². The molecule has 0 saturated heterocycles. The normalized spacial score (nSPS) is 15.2. The Kier molecular flexibility index (Phi) is 4.74. The number of unbranched alkanes of at least 4 members (excludes halogenated alkanes) is 2. The summed E-state index contributed by atoms with van der Waals surface area (Å²) in [5.74, 6) is 0. The second kappa shape index (κ2) is 5.61. The summed E-state index contributed by atoms with van der Waals surface area (Å²) in [6, 6.07) is 0. The average Bonchev–Trinajstić information content (AvgIpc) is 2.50. The first-order chi connectivity index (χ1) is 7.03. The third-order valence-electron chi connectivity index (χ3n) is 2.55. The van der Waals surface area contributed by atoms with E-state index in [9.17, 15) is 5.11 Å². The van der Waals surface area contributed by atoms with E-state index in [-0.39, 0.29) is 0 Å². The number of nitrogens with zero attached hydrogens (tertiary/aromatic N) is 1. The van der Waals surface area contributed by atoms with Crippen molar-refractivity contribution in [2.45, 2.75) is 58.5 Å². The third kappa shape index (κ3) is 4.76. The molecule has 86 valence electrons. The topological polar surface area (TPSA) is 33.1 Å². The minimum Gasteiger partial charge on any atom is -0.390 e. The SMILES string of the molecule is CCCCCC(C)(O)Cc1csc(C)n1. The molecule has 1 aromatic heterocycles. The highest BCUT2D eigenvalue weighted by molar-refractivity contribution is 7.09. The first-order valence-electron chi connectivity index (χ1n) is 5.67. The van der Waals surface area contributed by atoms with E-state index in [2.05, 4.69) is 11.9 Å². The van der Waals surface area contributed by atoms with E-state index in [0.29, 0.717) is 6.42 Å². The van der Waals surface area contributed by atoms with Gasteiger partial charge >= 0.3 is 0 Å². The highest BCUT2D eigenvalue weighted by Gasteiger charge is 2.21. The van der Waals surface area contributed by atoms with E-state index in [1.165, 1.54) is 12.8 Å². The van der Waals surface area contributed by atoms with Crippen LogP contribution in [0.15, 0.2) is 5.38 Å². The zero-order chi connectivity index (χ0) is 11.3. The Morgan fingerprint density at radius 2 is 2.20 bits per heavy atom. The van der Waals surface area contributed by atoms with E-state index in [4.69, 9.17) is 0 Å². The Hall–Kier alpha value is -0.410. The number of thiazole rings is 1. The second-order valence-electron chi connectivity index (χ2n) is 4.49. The van der Waals surface area contributed by atoms with Gasteiger partial charge in [0.2, 0.25) is 0 Å². The van der Waals surface area contributed by atoms with Crippen LogP contribution in [0, 0.1) is 6.92 Å². The Balaban J connectivity index is 2.41. The van der Waals surface area contributed by atoms with E-state index in [1.54, 1.807) is 11.3 Å². The van der Waals surface area contributed by atoms with Crippen LogP contribution in [0.4, 0.5) is 0 Å². The molecule has 0 saturated carbocycles. The number of rotatable bonds is 6. The average molecular weight is 227 g/mol. The lowest BCUT2D eigenvalue weighted by molar-refractivity contribution is 0.0478. The quantitative estimate of drug-likeness (QED) is 0.756. The summed E-state index contributed by atoms with van der Waals surface area (Å²) in [7, 11) is 0. The van der Waals surface area contributed by atoms with Gasteiger partial charge in [-0.15, -0.1) is 11.3 Å². The molecular formula is C12H21NOS. The summed E-state index contributed by atoms with van der Waals surface area (Å²) in [4.78, 5) is 4.38. The smallest absolute Gasteiger partial charge is 0.0897 e. The van der Waals surface area contributed by atoms with Crippen molar-refractivity contribution in [2.24, 2.45) is 0 Å².